The Morgan fingerprint density at radius 2 is 1.95 bits per heavy atom. The monoisotopic (exact) mass is 327 g/mol. The number of halogens is 1. The smallest absolute Gasteiger partial charge is 0.104 e. The molecule has 3 aromatic rings. The summed E-state index contributed by atoms with van der Waals surface area (Å²) in [5, 5.41) is 11.6. The predicted octanol–water partition coefficient (Wildman–Crippen LogP) is 4.39. The number of pyridine rings is 1. The minimum atomic E-state index is -0.618. The number of hydrogen-bond acceptors (Lipinski definition) is 2. The van der Waals surface area contributed by atoms with Crippen LogP contribution in [-0.4, -0.2) is 10.1 Å². The molecule has 0 fully saturated rings. The van der Waals surface area contributed by atoms with E-state index in [1.807, 2.05) is 55.5 Å². The van der Waals surface area contributed by atoms with E-state index in [1.165, 1.54) is 0 Å². The van der Waals surface area contributed by atoms with Crippen molar-refractivity contribution in [3.8, 4) is 0 Å². The molecule has 1 atom stereocenters. The number of aromatic nitrogens is 1. The zero-order chi connectivity index (χ0) is 14.1. The number of fused-ring (bicyclic) bond motifs is 1. The van der Waals surface area contributed by atoms with Gasteiger partial charge in [-0.25, -0.2) is 0 Å². The summed E-state index contributed by atoms with van der Waals surface area (Å²) in [7, 11) is 0. The average molecular weight is 328 g/mol. The molecule has 2 nitrogen and oxygen atoms in total. The molecule has 0 aliphatic carbocycles. The van der Waals surface area contributed by atoms with Crippen LogP contribution < -0.4 is 0 Å². The van der Waals surface area contributed by atoms with Crippen LogP contribution in [0.2, 0.25) is 0 Å². The van der Waals surface area contributed by atoms with Crippen molar-refractivity contribution in [3.63, 3.8) is 0 Å². The fraction of sp³-hybridized carbons (Fsp3) is 0.118. The minimum Gasteiger partial charge on any atom is -0.384 e. The maximum atomic E-state index is 10.6. The highest BCUT2D eigenvalue weighted by molar-refractivity contribution is 9.10. The quantitative estimate of drug-likeness (QED) is 0.757. The Kier molecular flexibility index (Phi) is 3.55. The van der Waals surface area contributed by atoms with Crippen molar-refractivity contribution in [3.05, 3.63) is 75.9 Å². The van der Waals surface area contributed by atoms with Crippen LogP contribution in [0.4, 0.5) is 0 Å². The maximum Gasteiger partial charge on any atom is 0.104 e. The summed E-state index contributed by atoms with van der Waals surface area (Å²) in [6.07, 6.45) is 1.16. The molecule has 0 bridgehead atoms. The summed E-state index contributed by atoms with van der Waals surface area (Å²) in [6, 6.07) is 15.7. The third-order valence-corrected chi connectivity index (χ3v) is 3.96. The minimum absolute atomic E-state index is 0.618. The molecule has 0 spiro atoms. The highest BCUT2D eigenvalue weighted by atomic mass is 79.9. The molecule has 20 heavy (non-hydrogen) atoms. The van der Waals surface area contributed by atoms with Gasteiger partial charge in [0.2, 0.25) is 0 Å². The fourth-order valence-corrected chi connectivity index (χ4v) is 2.87. The van der Waals surface area contributed by atoms with Crippen LogP contribution in [0.5, 0.6) is 0 Å². The van der Waals surface area contributed by atoms with Crippen LogP contribution in [0.15, 0.2) is 59.2 Å². The first-order valence-corrected chi connectivity index (χ1v) is 7.23. The van der Waals surface area contributed by atoms with Crippen molar-refractivity contribution in [2.45, 2.75) is 13.0 Å². The molecule has 0 saturated carbocycles. The van der Waals surface area contributed by atoms with E-state index in [1.54, 1.807) is 6.20 Å². The topological polar surface area (TPSA) is 33.1 Å². The van der Waals surface area contributed by atoms with Gasteiger partial charge in [0.25, 0.3) is 0 Å². The van der Waals surface area contributed by atoms with Gasteiger partial charge in [-0.05, 0) is 53.9 Å². The number of nitrogens with zero attached hydrogens (tertiary/aromatic N) is 1. The zero-order valence-electron chi connectivity index (χ0n) is 11.0. The SMILES string of the molecule is Cc1cc(Br)ccc1C(O)c1ccc2ncccc2c1. The van der Waals surface area contributed by atoms with Gasteiger partial charge in [0.15, 0.2) is 0 Å². The molecule has 0 amide bonds. The van der Waals surface area contributed by atoms with Crippen LogP contribution in [-0.2, 0) is 0 Å². The summed E-state index contributed by atoms with van der Waals surface area (Å²) in [5.74, 6) is 0. The van der Waals surface area contributed by atoms with E-state index >= 15 is 0 Å². The summed E-state index contributed by atoms with van der Waals surface area (Å²) in [6.45, 7) is 2.01. The molecule has 1 aromatic heterocycles. The lowest BCUT2D eigenvalue weighted by Crippen LogP contribution is -2.02. The molecule has 0 aliphatic rings. The second kappa shape index (κ2) is 5.35. The molecule has 3 heteroatoms. The van der Waals surface area contributed by atoms with E-state index in [0.717, 1.165) is 32.1 Å². The van der Waals surface area contributed by atoms with E-state index in [4.69, 9.17) is 0 Å². The van der Waals surface area contributed by atoms with Gasteiger partial charge in [0.05, 0.1) is 5.52 Å². The van der Waals surface area contributed by atoms with Crippen LogP contribution in [0.3, 0.4) is 0 Å². The Morgan fingerprint density at radius 1 is 1.10 bits per heavy atom. The molecular weight excluding hydrogens is 314 g/mol. The first kappa shape index (κ1) is 13.3. The molecule has 3 rings (SSSR count). The van der Waals surface area contributed by atoms with Gasteiger partial charge in [-0.15, -0.1) is 0 Å². The third kappa shape index (κ3) is 2.47. The number of aryl methyl sites for hydroxylation is 1. The Hall–Kier alpha value is -1.71. The maximum absolute atomic E-state index is 10.6. The van der Waals surface area contributed by atoms with Crippen molar-refractivity contribution in [2.24, 2.45) is 0 Å². The molecule has 1 heterocycles. The molecule has 0 radical (unpaired) electrons. The Bertz CT molecular complexity index is 770. The Morgan fingerprint density at radius 3 is 2.75 bits per heavy atom. The second-order valence-electron chi connectivity index (χ2n) is 4.86. The summed E-state index contributed by atoms with van der Waals surface area (Å²) >= 11 is 3.44. The second-order valence-corrected chi connectivity index (χ2v) is 5.77. The molecule has 1 N–H and O–H groups in total. The third-order valence-electron chi connectivity index (χ3n) is 3.47. The van der Waals surface area contributed by atoms with Gasteiger partial charge in [0, 0.05) is 16.1 Å². The predicted molar refractivity (Wildman–Crippen MR) is 84.7 cm³/mol. The normalized spacial score (nSPS) is 12.6. The van der Waals surface area contributed by atoms with Gasteiger partial charge < -0.3 is 5.11 Å². The van der Waals surface area contributed by atoms with Crippen LogP contribution >= 0.6 is 15.9 Å². The lowest BCUT2D eigenvalue weighted by molar-refractivity contribution is 0.219. The molecule has 0 saturated heterocycles. The van der Waals surface area contributed by atoms with Crippen LogP contribution in [0.25, 0.3) is 10.9 Å². The Labute approximate surface area is 126 Å². The highest BCUT2D eigenvalue weighted by Crippen LogP contribution is 2.28. The number of aliphatic hydroxyl groups excluding tert-OH is 1. The van der Waals surface area contributed by atoms with Crippen LogP contribution in [0.1, 0.15) is 22.8 Å². The molecular formula is C17H14BrNO. The summed E-state index contributed by atoms with van der Waals surface area (Å²) in [4.78, 5) is 4.30. The largest absolute Gasteiger partial charge is 0.384 e. The first-order valence-electron chi connectivity index (χ1n) is 6.44. The van der Waals surface area contributed by atoms with Crippen molar-refractivity contribution >= 4 is 26.8 Å². The van der Waals surface area contributed by atoms with E-state index in [0.29, 0.717) is 0 Å². The lowest BCUT2D eigenvalue weighted by Gasteiger charge is -2.15. The molecule has 1 unspecified atom stereocenters. The number of aliphatic hydroxyl groups is 1. The summed E-state index contributed by atoms with van der Waals surface area (Å²) in [5.41, 5.74) is 3.82. The van der Waals surface area contributed by atoms with Crippen molar-refractivity contribution in [1.29, 1.82) is 0 Å². The van der Waals surface area contributed by atoms with Gasteiger partial charge in [-0.3, -0.25) is 4.98 Å². The zero-order valence-corrected chi connectivity index (χ0v) is 12.6. The highest BCUT2D eigenvalue weighted by Gasteiger charge is 2.13. The molecule has 0 aliphatic heterocycles. The number of rotatable bonds is 2. The van der Waals surface area contributed by atoms with Crippen LogP contribution in [0, 0.1) is 6.92 Å². The summed E-state index contributed by atoms with van der Waals surface area (Å²) < 4.78 is 1.02. The van der Waals surface area contributed by atoms with Crippen molar-refractivity contribution < 1.29 is 5.11 Å². The van der Waals surface area contributed by atoms with Gasteiger partial charge in [-0.1, -0.05) is 34.1 Å². The van der Waals surface area contributed by atoms with E-state index < -0.39 is 6.10 Å². The number of benzene rings is 2. The lowest BCUT2D eigenvalue weighted by atomic mass is 9.96. The molecule has 2 aromatic carbocycles. The average Bonchev–Trinajstić information content (AvgIpc) is 2.46. The molecule has 100 valence electrons. The number of hydrogen-bond donors (Lipinski definition) is 1. The van der Waals surface area contributed by atoms with Crippen molar-refractivity contribution in [2.75, 3.05) is 0 Å². The van der Waals surface area contributed by atoms with E-state index in [9.17, 15) is 5.11 Å². The van der Waals surface area contributed by atoms with Crippen molar-refractivity contribution in [1.82, 2.24) is 4.98 Å². The van der Waals surface area contributed by atoms with Gasteiger partial charge >= 0.3 is 0 Å². The van der Waals surface area contributed by atoms with E-state index in [2.05, 4.69) is 20.9 Å². The first-order chi connectivity index (χ1) is 9.65. The van der Waals surface area contributed by atoms with Gasteiger partial charge in [0.1, 0.15) is 6.10 Å². The fourth-order valence-electron chi connectivity index (χ4n) is 2.39. The standard InChI is InChI=1S/C17H14BrNO/c1-11-9-14(18)5-6-15(11)17(20)13-4-7-16-12(10-13)3-2-8-19-16/h2-10,17,20H,1H3. The van der Waals surface area contributed by atoms with Gasteiger partial charge in [-0.2, -0.15) is 0 Å². The Balaban J connectivity index is 2.05. The van der Waals surface area contributed by atoms with E-state index in [-0.39, 0.29) is 0 Å².